The van der Waals surface area contributed by atoms with E-state index in [1.807, 2.05) is 24.3 Å². The van der Waals surface area contributed by atoms with Crippen LogP contribution in [0.2, 0.25) is 0 Å². The number of hydrogen-bond donors (Lipinski definition) is 2. The van der Waals surface area contributed by atoms with Gasteiger partial charge in [-0.3, -0.25) is 0 Å². The highest BCUT2D eigenvalue weighted by Gasteiger charge is 2.22. The smallest absolute Gasteiger partial charge is 0.317 e. The zero-order chi connectivity index (χ0) is 13.7. The fraction of sp³-hybridized carbons (Fsp3) is 0.500. The number of hydrogen-bond acceptors (Lipinski definition) is 2. The number of aliphatic hydroxyl groups excluding tert-OH is 1. The van der Waals surface area contributed by atoms with Crippen LogP contribution in [-0.2, 0) is 6.54 Å². The van der Waals surface area contributed by atoms with Gasteiger partial charge in [-0.25, -0.2) is 4.79 Å². The molecule has 0 radical (unpaired) electrons. The Kier molecular flexibility index (Phi) is 5.22. The molecule has 2 rings (SSSR count). The van der Waals surface area contributed by atoms with E-state index in [2.05, 4.69) is 21.2 Å². The summed E-state index contributed by atoms with van der Waals surface area (Å²) in [4.78, 5) is 13.8. The Balaban J connectivity index is 1.82. The lowest BCUT2D eigenvalue weighted by Gasteiger charge is -2.31. The van der Waals surface area contributed by atoms with Crippen molar-refractivity contribution in [3.63, 3.8) is 0 Å². The third-order valence-electron chi connectivity index (χ3n) is 3.42. The van der Waals surface area contributed by atoms with Crippen molar-refractivity contribution in [2.24, 2.45) is 5.92 Å². The summed E-state index contributed by atoms with van der Waals surface area (Å²) >= 11 is 3.38. The standard InChI is InChI=1S/C14H19BrN2O2/c15-13-5-3-11(4-6-13)8-16-14(19)17-7-1-2-12(9-17)10-18/h3-6,12,18H,1-2,7-10H2,(H,16,19)/t12-/m0/s1. The van der Waals surface area contributed by atoms with Crippen LogP contribution in [0.5, 0.6) is 0 Å². The number of carbonyl (C=O) groups excluding carboxylic acids is 1. The van der Waals surface area contributed by atoms with Crippen molar-refractivity contribution < 1.29 is 9.90 Å². The number of rotatable bonds is 3. The van der Waals surface area contributed by atoms with Gasteiger partial charge in [0.2, 0.25) is 0 Å². The number of nitrogens with one attached hydrogen (secondary N) is 1. The fourth-order valence-electron chi connectivity index (χ4n) is 2.29. The molecule has 4 nitrogen and oxygen atoms in total. The Hall–Kier alpha value is -1.07. The molecule has 0 unspecified atom stereocenters. The van der Waals surface area contributed by atoms with E-state index in [4.69, 9.17) is 5.11 Å². The minimum absolute atomic E-state index is 0.0407. The highest BCUT2D eigenvalue weighted by molar-refractivity contribution is 9.10. The molecule has 0 aromatic heterocycles. The van der Waals surface area contributed by atoms with Crippen LogP contribution < -0.4 is 5.32 Å². The van der Waals surface area contributed by atoms with E-state index in [-0.39, 0.29) is 18.6 Å². The number of urea groups is 1. The van der Waals surface area contributed by atoms with Crippen molar-refractivity contribution >= 4 is 22.0 Å². The number of aliphatic hydroxyl groups is 1. The summed E-state index contributed by atoms with van der Waals surface area (Å²) in [7, 11) is 0. The van der Waals surface area contributed by atoms with Gasteiger partial charge in [0.1, 0.15) is 0 Å². The lowest BCUT2D eigenvalue weighted by atomic mass is 9.99. The minimum atomic E-state index is -0.0407. The van der Waals surface area contributed by atoms with Gasteiger partial charge in [-0.05, 0) is 36.5 Å². The molecule has 1 fully saturated rings. The van der Waals surface area contributed by atoms with E-state index in [1.54, 1.807) is 4.90 Å². The molecule has 2 N–H and O–H groups in total. The molecule has 1 aromatic rings. The van der Waals surface area contributed by atoms with E-state index in [0.717, 1.165) is 29.4 Å². The summed E-state index contributed by atoms with van der Waals surface area (Å²) in [5, 5.41) is 12.1. The van der Waals surface area contributed by atoms with Crippen molar-refractivity contribution in [1.82, 2.24) is 10.2 Å². The van der Waals surface area contributed by atoms with Crippen LogP contribution in [0.3, 0.4) is 0 Å². The van der Waals surface area contributed by atoms with Crippen LogP contribution >= 0.6 is 15.9 Å². The molecule has 1 aliphatic heterocycles. The van der Waals surface area contributed by atoms with Gasteiger partial charge in [-0.15, -0.1) is 0 Å². The summed E-state index contributed by atoms with van der Waals surface area (Å²) in [6.07, 6.45) is 1.98. The third-order valence-corrected chi connectivity index (χ3v) is 3.95. The van der Waals surface area contributed by atoms with Crippen LogP contribution in [-0.4, -0.2) is 35.7 Å². The predicted octanol–water partition coefficient (Wildman–Crippen LogP) is 2.36. The first-order chi connectivity index (χ1) is 9.19. The minimum Gasteiger partial charge on any atom is -0.396 e. The maximum Gasteiger partial charge on any atom is 0.317 e. The van der Waals surface area contributed by atoms with Crippen molar-refractivity contribution in [3.8, 4) is 0 Å². The zero-order valence-corrected chi connectivity index (χ0v) is 12.4. The average molecular weight is 327 g/mol. The lowest BCUT2D eigenvalue weighted by Crippen LogP contribution is -2.45. The van der Waals surface area contributed by atoms with E-state index in [9.17, 15) is 4.79 Å². The van der Waals surface area contributed by atoms with Crippen LogP contribution in [0.1, 0.15) is 18.4 Å². The van der Waals surface area contributed by atoms with Crippen LogP contribution in [0.25, 0.3) is 0 Å². The number of benzene rings is 1. The second-order valence-electron chi connectivity index (χ2n) is 4.92. The molecule has 0 bridgehead atoms. The molecule has 1 saturated heterocycles. The number of likely N-dealkylation sites (tertiary alicyclic amines) is 1. The van der Waals surface area contributed by atoms with E-state index in [1.165, 1.54) is 0 Å². The van der Waals surface area contributed by atoms with Gasteiger partial charge in [-0.2, -0.15) is 0 Å². The van der Waals surface area contributed by atoms with Crippen molar-refractivity contribution in [2.45, 2.75) is 19.4 Å². The van der Waals surface area contributed by atoms with Gasteiger partial charge >= 0.3 is 6.03 Å². The Morgan fingerprint density at radius 1 is 1.42 bits per heavy atom. The third kappa shape index (κ3) is 4.21. The number of nitrogens with zero attached hydrogens (tertiary/aromatic N) is 1. The second kappa shape index (κ2) is 6.91. The summed E-state index contributed by atoms with van der Waals surface area (Å²) in [5.74, 6) is 0.229. The maximum atomic E-state index is 12.0. The normalized spacial score (nSPS) is 19.3. The monoisotopic (exact) mass is 326 g/mol. The van der Waals surface area contributed by atoms with Crippen molar-refractivity contribution in [2.75, 3.05) is 19.7 Å². The molecular weight excluding hydrogens is 308 g/mol. The first-order valence-corrected chi connectivity index (χ1v) is 7.36. The van der Waals surface area contributed by atoms with E-state index >= 15 is 0 Å². The fourth-order valence-corrected chi connectivity index (χ4v) is 2.55. The topological polar surface area (TPSA) is 52.6 Å². The predicted molar refractivity (Wildman–Crippen MR) is 77.8 cm³/mol. The summed E-state index contributed by atoms with van der Waals surface area (Å²) in [6.45, 7) is 2.13. The molecule has 104 valence electrons. The first kappa shape index (κ1) is 14.3. The Bertz CT molecular complexity index is 422. The molecule has 1 atom stereocenters. The molecular formula is C14H19BrN2O2. The van der Waals surface area contributed by atoms with Gasteiger partial charge in [0.05, 0.1) is 0 Å². The van der Waals surface area contributed by atoms with Crippen LogP contribution in [0.4, 0.5) is 4.79 Å². The molecule has 1 aliphatic rings. The van der Waals surface area contributed by atoms with Crippen LogP contribution in [0.15, 0.2) is 28.7 Å². The Labute approximate surface area is 121 Å². The lowest BCUT2D eigenvalue weighted by molar-refractivity contribution is 0.129. The highest BCUT2D eigenvalue weighted by atomic mass is 79.9. The quantitative estimate of drug-likeness (QED) is 0.895. The Morgan fingerprint density at radius 3 is 2.84 bits per heavy atom. The Morgan fingerprint density at radius 2 is 2.16 bits per heavy atom. The molecule has 19 heavy (non-hydrogen) atoms. The highest BCUT2D eigenvalue weighted by Crippen LogP contribution is 2.16. The largest absolute Gasteiger partial charge is 0.396 e. The van der Waals surface area contributed by atoms with Gasteiger partial charge < -0.3 is 15.3 Å². The average Bonchev–Trinajstić information content (AvgIpc) is 2.46. The van der Waals surface area contributed by atoms with Gasteiger partial charge in [0.25, 0.3) is 0 Å². The number of halogens is 1. The summed E-state index contributed by atoms with van der Waals surface area (Å²) < 4.78 is 1.03. The molecule has 0 aliphatic carbocycles. The maximum absolute atomic E-state index is 12.0. The van der Waals surface area contributed by atoms with Crippen molar-refractivity contribution in [3.05, 3.63) is 34.3 Å². The number of amides is 2. The summed E-state index contributed by atoms with van der Waals surface area (Å²) in [6, 6.07) is 7.85. The summed E-state index contributed by atoms with van der Waals surface area (Å²) in [5.41, 5.74) is 1.08. The second-order valence-corrected chi connectivity index (χ2v) is 5.84. The SMILES string of the molecule is O=C(NCc1ccc(Br)cc1)N1CCC[C@H](CO)C1. The molecule has 5 heteroatoms. The first-order valence-electron chi connectivity index (χ1n) is 6.57. The van der Waals surface area contributed by atoms with Gasteiger partial charge in [-0.1, -0.05) is 28.1 Å². The van der Waals surface area contributed by atoms with E-state index in [0.29, 0.717) is 13.1 Å². The van der Waals surface area contributed by atoms with Crippen LogP contribution in [0, 0.1) is 5.92 Å². The van der Waals surface area contributed by atoms with E-state index < -0.39 is 0 Å². The van der Waals surface area contributed by atoms with Crippen molar-refractivity contribution in [1.29, 1.82) is 0 Å². The molecule has 0 saturated carbocycles. The molecule has 1 aromatic carbocycles. The molecule has 2 amide bonds. The molecule has 0 spiro atoms. The number of carbonyl (C=O) groups is 1. The number of piperidine rings is 1. The zero-order valence-electron chi connectivity index (χ0n) is 10.8. The van der Waals surface area contributed by atoms with Gasteiger partial charge in [0.15, 0.2) is 0 Å². The van der Waals surface area contributed by atoms with Gasteiger partial charge in [0, 0.05) is 30.7 Å². The molecule has 1 heterocycles.